The zero-order valence-corrected chi connectivity index (χ0v) is 12.0. The number of nitrogens with zero attached hydrogens (tertiary/aromatic N) is 1. The fraction of sp³-hybridized carbons (Fsp3) is 0.562. The second kappa shape index (κ2) is 5.94. The quantitative estimate of drug-likeness (QED) is 0.893. The molecule has 2 fully saturated rings. The highest BCUT2D eigenvalue weighted by Crippen LogP contribution is 2.26. The van der Waals surface area contributed by atoms with Gasteiger partial charge in [-0.05, 0) is 43.9 Å². The molecule has 4 heteroatoms. The third-order valence-corrected chi connectivity index (χ3v) is 4.35. The number of ether oxygens (including phenoxy) is 1. The maximum Gasteiger partial charge on any atom is 0.253 e. The molecule has 2 unspecified atom stereocenters. The average molecular weight is 274 g/mol. The van der Waals surface area contributed by atoms with Crippen LogP contribution in [-0.4, -0.2) is 38.3 Å². The molecule has 1 amide bonds. The van der Waals surface area contributed by atoms with E-state index in [4.69, 9.17) is 4.74 Å². The molecule has 2 saturated heterocycles. The fourth-order valence-corrected chi connectivity index (χ4v) is 3.17. The van der Waals surface area contributed by atoms with Crippen molar-refractivity contribution in [1.82, 2.24) is 5.32 Å². The first kappa shape index (κ1) is 13.6. The molecule has 0 saturated carbocycles. The fourth-order valence-electron chi connectivity index (χ4n) is 3.17. The lowest BCUT2D eigenvalue weighted by Crippen LogP contribution is -2.52. The van der Waals surface area contributed by atoms with E-state index in [1.54, 1.807) is 0 Å². The Labute approximate surface area is 120 Å². The second-order valence-electron chi connectivity index (χ2n) is 5.75. The molecule has 4 nitrogen and oxygen atoms in total. The molecule has 1 N–H and O–H groups in total. The summed E-state index contributed by atoms with van der Waals surface area (Å²) in [5, 5.41) is 3.43. The topological polar surface area (TPSA) is 41.6 Å². The molecule has 0 radical (unpaired) electrons. The molecule has 2 heterocycles. The summed E-state index contributed by atoms with van der Waals surface area (Å²) >= 11 is 0. The third kappa shape index (κ3) is 2.72. The van der Waals surface area contributed by atoms with Crippen molar-refractivity contribution in [2.45, 2.75) is 25.9 Å². The number of amides is 1. The molecule has 3 rings (SSSR count). The molecule has 0 aromatic heterocycles. The van der Waals surface area contributed by atoms with E-state index in [1.165, 1.54) is 12.8 Å². The van der Waals surface area contributed by atoms with Gasteiger partial charge in [-0.2, -0.15) is 0 Å². The zero-order valence-electron chi connectivity index (χ0n) is 12.0. The first-order valence-electron chi connectivity index (χ1n) is 7.44. The van der Waals surface area contributed by atoms with Crippen LogP contribution in [0.4, 0.5) is 5.69 Å². The van der Waals surface area contributed by atoms with Gasteiger partial charge in [0.1, 0.15) is 6.61 Å². The van der Waals surface area contributed by atoms with E-state index in [9.17, 15) is 4.79 Å². The highest BCUT2D eigenvalue weighted by Gasteiger charge is 2.33. The van der Waals surface area contributed by atoms with Crippen molar-refractivity contribution in [2.75, 3.05) is 31.1 Å². The Kier molecular flexibility index (Phi) is 4.03. The third-order valence-electron chi connectivity index (χ3n) is 4.35. The lowest BCUT2D eigenvalue weighted by atomic mass is 9.92. The maximum absolute atomic E-state index is 12.2. The van der Waals surface area contributed by atoms with Crippen molar-refractivity contribution in [1.29, 1.82) is 0 Å². The predicted octanol–water partition coefficient (Wildman–Crippen LogP) is 1.73. The number of nitrogens with one attached hydrogen (secondary N) is 1. The molecule has 20 heavy (non-hydrogen) atoms. The summed E-state index contributed by atoms with van der Waals surface area (Å²) in [4.78, 5) is 14.1. The van der Waals surface area contributed by atoms with Gasteiger partial charge in [-0.15, -0.1) is 0 Å². The minimum atomic E-state index is 0.0688. The molecular weight excluding hydrogens is 252 g/mol. The highest BCUT2D eigenvalue weighted by atomic mass is 16.5. The van der Waals surface area contributed by atoms with Crippen LogP contribution in [0.2, 0.25) is 0 Å². The Balaban J connectivity index is 1.76. The van der Waals surface area contributed by atoms with E-state index in [0.717, 1.165) is 24.3 Å². The van der Waals surface area contributed by atoms with Gasteiger partial charge in [-0.1, -0.05) is 18.2 Å². The molecule has 0 bridgehead atoms. The van der Waals surface area contributed by atoms with Crippen LogP contribution >= 0.6 is 0 Å². The summed E-state index contributed by atoms with van der Waals surface area (Å²) in [6.07, 6.45) is 2.54. The van der Waals surface area contributed by atoms with Gasteiger partial charge in [0.05, 0.1) is 12.6 Å². The minimum Gasteiger partial charge on any atom is -0.366 e. The Bertz CT molecular complexity index is 483. The Morgan fingerprint density at radius 3 is 2.95 bits per heavy atom. The number of carbonyl (C=O) groups is 1. The van der Waals surface area contributed by atoms with Crippen LogP contribution < -0.4 is 10.2 Å². The number of hydrogen-bond donors (Lipinski definition) is 1. The van der Waals surface area contributed by atoms with E-state index in [0.29, 0.717) is 12.5 Å². The van der Waals surface area contributed by atoms with Gasteiger partial charge in [0.15, 0.2) is 0 Å². The number of para-hydroxylation sites is 1. The highest BCUT2D eigenvalue weighted by molar-refractivity contribution is 5.95. The van der Waals surface area contributed by atoms with E-state index in [-0.39, 0.29) is 18.6 Å². The van der Waals surface area contributed by atoms with Crippen molar-refractivity contribution < 1.29 is 9.53 Å². The van der Waals surface area contributed by atoms with Crippen molar-refractivity contribution in [3.05, 3.63) is 29.8 Å². The van der Waals surface area contributed by atoms with Crippen molar-refractivity contribution in [3.63, 3.8) is 0 Å². The van der Waals surface area contributed by atoms with Crippen molar-refractivity contribution >= 4 is 11.6 Å². The SMILES string of the molecule is Cc1ccccc1N1CC(C2CCCNC2)OCC1=O. The van der Waals surface area contributed by atoms with Crippen LogP contribution in [0.25, 0.3) is 0 Å². The van der Waals surface area contributed by atoms with Gasteiger partial charge in [-0.25, -0.2) is 0 Å². The summed E-state index contributed by atoms with van der Waals surface area (Å²) in [5.41, 5.74) is 2.16. The van der Waals surface area contributed by atoms with Crippen molar-refractivity contribution in [2.24, 2.45) is 5.92 Å². The van der Waals surface area contributed by atoms with Gasteiger partial charge >= 0.3 is 0 Å². The van der Waals surface area contributed by atoms with Gasteiger partial charge in [-0.3, -0.25) is 4.79 Å². The summed E-state index contributed by atoms with van der Waals surface area (Å²) in [7, 11) is 0. The summed E-state index contributed by atoms with van der Waals surface area (Å²) in [6, 6.07) is 8.07. The smallest absolute Gasteiger partial charge is 0.253 e. The summed E-state index contributed by atoms with van der Waals surface area (Å²) in [5.74, 6) is 0.586. The Hall–Kier alpha value is -1.39. The minimum absolute atomic E-state index is 0.0688. The number of piperidine rings is 1. The van der Waals surface area contributed by atoms with Gasteiger partial charge in [0.25, 0.3) is 5.91 Å². The molecule has 108 valence electrons. The zero-order chi connectivity index (χ0) is 13.9. The van der Waals surface area contributed by atoms with Crippen molar-refractivity contribution in [3.8, 4) is 0 Å². The van der Waals surface area contributed by atoms with Crippen LogP contribution in [0.5, 0.6) is 0 Å². The molecule has 2 aliphatic heterocycles. The summed E-state index contributed by atoms with van der Waals surface area (Å²) < 4.78 is 5.79. The number of aryl methyl sites for hydroxylation is 1. The number of rotatable bonds is 2. The molecular formula is C16H22N2O2. The van der Waals surface area contributed by atoms with Crippen LogP contribution in [-0.2, 0) is 9.53 Å². The standard InChI is InChI=1S/C16H22N2O2/c1-12-5-2-3-7-14(12)18-10-15(20-11-16(18)19)13-6-4-8-17-9-13/h2-3,5,7,13,15,17H,4,6,8-11H2,1H3. The Morgan fingerprint density at radius 1 is 1.35 bits per heavy atom. The average Bonchev–Trinajstić information content (AvgIpc) is 2.49. The first-order chi connectivity index (χ1) is 9.75. The van der Waals surface area contributed by atoms with Crippen LogP contribution in [0.15, 0.2) is 24.3 Å². The second-order valence-corrected chi connectivity index (χ2v) is 5.75. The lowest BCUT2D eigenvalue weighted by Gasteiger charge is -2.38. The monoisotopic (exact) mass is 274 g/mol. The molecule has 0 spiro atoms. The number of hydrogen-bond acceptors (Lipinski definition) is 3. The molecule has 1 aromatic rings. The number of anilines is 1. The van der Waals surface area contributed by atoms with E-state index >= 15 is 0 Å². The maximum atomic E-state index is 12.2. The number of benzene rings is 1. The summed E-state index contributed by atoms with van der Waals surface area (Å²) in [6.45, 7) is 5.03. The van der Waals surface area contributed by atoms with E-state index in [2.05, 4.69) is 18.3 Å². The Morgan fingerprint density at radius 2 is 2.20 bits per heavy atom. The molecule has 0 aliphatic carbocycles. The molecule has 2 atom stereocenters. The number of carbonyl (C=O) groups excluding carboxylic acids is 1. The van der Waals surface area contributed by atoms with E-state index < -0.39 is 0 Å². The molecule has 2 aliphatic rings. The van der Waals surface area contributed by atoms with Crippen LogP contribution in [0.1, 0.15) is 18.4 Å². The largest absolute Gasteiger partial charge is 0.366 e. The van der Waals surface area contributed by atoms with Crippen LogP contribution in [0, 0.1) is 12.8 Å². The normalized spacial score (nSPS) is 27.6. The number of morpholine rings is 1. The van der Waals surface area contributed by atoms with Gasteiger partial charge in [0.2, 0.25) is 0 Å². The van der Waals surface area contributed by atoms with Gasteiger partial charge < -0.3 is 15.0 Å². The van der Waals surface area contributed by atoms with E-state index in [1.807, 2.05) is 23.1 Å². The first-order valence-corrected chi connectivity index (χ1v) is 7.44. The van der Waals surface area contributed by atoms with Gasteiger partial charge in [0, 0.05) is 12.2 Å². The predicted molar refractivity (Wildman–Crippen MR) is 78.9 cm³/mol. The van der Waals surface area contributed by atoms with Crippen LogP contribution in [0.3, 0.4) is 0 Å². The lowest BCUT2D eigenvalue weighted by molar-refractivity contribution is -0.131. The molecule has 1 aromatic carbocycles.